The smallest absolute Gasteiger partial charge is 0.333 e. The van der Waals surface area contributed by atoms with Crippen molar-refractivity contribution in [1.29, 1.82) is 5.26 Å². The van der Waals surface area contributed by atoms with Crippen LogP contribution in [0.4, 0.5) is 22.0 Å². The Bertz CT molecular complexity index is 1260. The highest BCUT2D eigenvalue weighted by Gasteiger charge is 2.27. The summed E-state index contributed by atoms with van der Waals surface area (Å²) < 4.78 is 85.1. The van der Waals surface area contributed by atoms with Gasteiger partial charge in [0.1, 0.15) is 0 Å². The summed E-state index contributed by atoms with van der Waals surface area (Å²) in [5.74, 6) is -10.4. The molecule has 0 spiro atoms. The van der Waals surface area contributed by atoms with Gasteiger partial charge < -0.3 is 14.2 Å². The number of nitrogens with zero attached hydrogens (tertiary/aromatic N) is 1. The normalized spacial score (nSPS) is 11.2. The fourth-order valence-corrected chi connectivity index (χ4v) is 3.97. The lowest BCUT2D eigenvalue weighted by Crippen LogP contribution is -2.06. The van der Waals surface area contributed by atoms with Crippen molar-refractivity contribution in [1.82, 2.24) is 0 Å². The molecule has 0 unspecified atom stereocenters. The third-order valence-corrected chi connectivity index (χ3v) is 6.23. The molecule has 5 nitrogen and oxygen atoms in total. The maximum atomic E-state index is 14.2. The van der Waals surface area contributed by atoms with Crippen LogP contribution in [-0.4, -0.2) is 26.3 Å². The van der Waals surface area contributed by atoms with E-state index in [1.54, 1.807) is 6.92 Å². The van der Waals surface area contributed by atoms with E-state index in [1.807, 2.05) is 0 Å². The van der Waals surface area contributed by atoms with Crippen LogP contribution in [0.5, 0.6) is 11.5 Å². The zero-order valence-electron chi connectivity index (χ0n) is 23.3. The van der Waals surface area contributed by atoms with E-state index in [9.17, 15) is 32.0 Å². The molecule has 222 valence electrons. The lowest BCUT2D eigenvalue weighted by Gasteiger charge is -2.12. The molecule has 2 aromatic rings. The minimum atomic E-state index is -2.29. The molecule has 0 saturated heterocycles. The topological polar surface area (TPSA) is 68.5 Å². The molecular formula is C31H34F5NO4. The molecule has 2 rings (SSSR count). The Morgan fingerprint density at radius 3 is 1.85 bits per heavy atom. The quantitative estimate of drug-likeness (QED) is 0.0275. The Labute approximate surface area is 237 Å². The molecular weight excluding hydrogens is 545 g/mol. The summed E-state index contributed by atoms with van der Waals surface area (Å²) in [5, 5.41) is 9.37. The zero-order valence-corrected chi connectivity index (χ0v) is 23.3. The molecule has 0 aromatic heterocycles. The number of carbonyl (C=O) groups is 1. The highest BCUT2D eigenvalue weighted by atomic mass is 19.2. The second-order valence-electron chi connectivity index (χ2n) is 9.47. The minimum absolute atomic E-state index is 0.238. The van der Waals surface area contributed by atoms with E-state index in [0.29, 0.717) is 24.5 Å². The van der Waals surface area contributed by atoms with Crippen LogP contribution in [0.1, 0.15) is 75.8 Å². The van der Waals surface area contributed by atoms with Gasteiger partial charge in [-0.25, -0.2) is 26.7 Å². The maximum absolute atomic E-state index is 14.2. The van der Waals surface area contributed by atoms with Gasteiger partial charge in [-0.3, -0.25) is 0 Å². The third kappa shape index (κ3) is 9.92. The van der Waals surface area contributed by atoms with E-state index in [4.69, 9.17) is 14.2 Å². The first-order valence-electron chi connectivity index (χ1n) is 13.4. The largest absolute Gasteiger partial charge is 0.493 e. The van der Waals surface area contributed by atoms with Gasteiger partial charge in [-0.1, -0.05) is 57.6 Å². The predicted octanol–water partition coefficient (Wildman–Crippen LogP) is 8.46. The number of nitriles is 1. The fourth-order valence-electron chi connectivity index (χ4n) is 3.97. The summed E-state index contributed by atoms with van der Waals surface area (Å²) in [6, 6.07) is 5.94. The zero-order chi connectivity index (χ0) is 30.4. The number of unbranched alkanes of at least 4 members (excludes halogenated alkanes) is 8. The van der Waals surface area contributed by atoms with Crippen LogP contribution in [0, 0.1) is 40.4 Å². The summed E-state index contributed by atoms with van der Waals surface area (Å²) >= 11 is 0. The Morgan fingerprint density at radius 1 is 0.829 bits per heavy atom. The molecule has 0 aliphatic rings. The van der Waals surface area contributed by atoms with Crippen molar-refractivity contribution in [2.75, 3.05) is 20.3 Å². The maximum Gasteiger partial charge on any atom is 0.333 e. The summed E-state index contributed by atoms with van der Waals surface area (Å²) in [6.45, 7) is 6.03. The Hall–Kier alpha value is -3.87. The Kier molecular flexibility index (Phi) is 13.9. The third-order valence-electron chi connectivity index (χ3n) is 6.23. The van der Waals surface area contributed by atoms with Gasteiger partial charge in [0, 0.05) is 5.57 Å². The summed E-state index contributed by atoms with van der Waals surface area (Å²) in [6.07, 6.45) is 10.2. The number of halogens is 5. The summed E-state index contributed by atoms with van der Waals surface area (Å²) in [5.41, 5.74) is -1.39. The molecule has 0 N–H and O–H groups in total. The number of hydrogen-bond acceptors (Lipinski definition) is 5. The van der Waals surface area contributed by atoms with Crippen molar-refractivity contribution in [3.8, 4) is 17.6 Å². The van der Waals surface area contributed by atoms with Crippen molar-refractivity contribution in [3.05, 3.63) is 70.6 Å². The van der Waals surface area contributed by atoms with Crippen LogP contribution in [0.25, 0.3) is 11.6 Å². The first-order chi connectivity index (χ1) is 19.6. The Morgan fingerprint density at radius 2 is 1.34 bits per heavy atom. The van der Waals surface area contributed by atoms with E-state index >= 15 is 0 Å². The summed E-state index contributed by atoms with van der Waals surface area (Å²) in [7, 11) is 1.39. The van der Waals surface area contributed by atoms with Crippen LogP contribution >= 0.6 is 0 Å². The molecule has 10 heteroatoms. The second-order valence-corrected chi connectivity index (χ2v) is 9.47. The van der Waals surface area contributed by atoms with Crippen molar-refractivity contribution in [3.63, 3.8) is 0 Å². The molecule has 0 atom stereocenters. The number of rotatable bonds is 17. The van der Waals surface area contributed by atoms with Crippen molar-refractivity contribution in [2.45, 2.75) is 64.7 Å². The number of allylic oxidation sites excluding steroid dienone is 1. The molecule has 2 aromatic carbocycles. The molecule has 41 heavy (non-hydrogen) atoms. The molecule has 0 saturated carbocycles. The van der Waals surface area contributed by atoms with Gasteiger partial charge in [0.2, 0.25) is 5.82 Å². The van der Waals surface area contributed by atoms with Gasteiger partial charge in [-0.15, -0.1) is 0 Å². The number of hydrogen-bond donors (Lipinski definition) is 0. The Balaban J connectivity index is 1.79. The van der Waals surface area contributed by atoms with Gasteiger partial charge in [-0.2, -0.15) is 5.26 Å². The van der Waals surface area contributed by atoms with Crippen LogP contribution in [0.15, 0.2) is 30.4 Å². The standard InChI is InChI=1S/C31H34F5NO4/c1-20(2)31(38)41-16-12-10-8-6-4-5-7-9-11-15-40-23-14-13-21(18-24(23)39-3)17-22(19-37)25-26(32)28(34)30(36)29(35)27(25)33/h13-14,17-18H,1,4-12,15-16H2,2-3H3/b22-17+. The van der Waals surface area contributed by atoms with E-state index in [1.165, 1.54) is 31.4 Å². The monoisotopic (exact) mass is 579 g/mol. The number of ether oxygens (including phenoxy) is 3. The SMILES string of the molecule is C=C(C)C(=O)OCCCCCCCCCCCOc1ccc(/C=C(\C#N)c2c(F)c(F)c(F)c(F)c2F)cc1OC. The fraction of sp³-hybridized carbons (Fsp3) is 0.419. The van der Waals surface area contributed by atoms with Crippen LogP contribution in [-0.2, 0) is 9.53 Å². The average Bonchev–Trinajstić information content (AvgIpc) is 2.97. The van der Waals surface area contributed by atoms with Crippen molar-refractivity contribution >= 4 is 17.6 Å². The van der Waals surface area contributed by atoms with Gasteiger partial charge in [0.25, 0.3) is 0 Å². The number of benzene rings is 2. The van der Waals surface area contributed by atoms with Gasteiger partial charge in [0.05, 0.1) is 37.5 Å². The molecule has 0 aliphatic heterocycles. The lowest BCUT2D eigenvalue weighted by molar-refractivity contribution is -0.139. The highest BCUT2D eigenvalue weighted by Crippen LogP contribution is 2.32. The molecule has 0 heterocycles. The second kappa shape index (κ2) is 17.1. The van der Waals surface area contributed by atoms with Crippen LogP contribution in [0.3, 0.4) is 0 Å². The predicted molar refractivity (Wildman–Crippen MR) is 146 cm³/mol. The minimum Gasteiger partial charge on any atom is -0.493 e. The van der Waals surface area contributed by atoms with Gasteiger partial charge in [0.15, 0.2) is 34.8 Å². The van der Waals surface area contributed by atoms with E-state index < -0.39 is 40.2 Å². The molecule has 0 aliphatic carbocycles. The van der Waals surface area contributed by atoms with E-state index in [2.05, 4.69) is 6.58 Å². The van der Waals surface area contributed by atoms with Crippen LogP contribution < -0.4 is 9.47 Å². The van der Waals surface area contributed by atoms with E-state index in [0.717, 1.165) is 63.9 Å². The van der Waals surface area contributed by atoms with Crippen molar-refractivity contribution in [2.24, 2.45) is 0 Å². The first-order valence-corrected chi connectivity index (χ1v) is 13.4. The van der Waals surface area contributed by atoms with E-state index in [-0.39, 0.29) is 17.3 Å². The summed E-state index contributed by atoms with van der Waals surface area (Å²) in [4.78, 5) is 11.3. The number of esters is 1. The molecule has 0 amide bonds. The lowest BCUT2D eigenvalue weighted by atomic mass is 10.0. The first kappa shape index (κ1) is 33.3. The van der Waals surface area contributed by atoms with Gasteiger partial charge >= 0.3 is 5.97 Å². The van der Waals surface area contributed by atoms with Crippen LogP contribution in [0.2, 0.25) is 0 Å². The molecule has 0 fully saturated rings. The molecule has 0 bridgehead atoms. The molecule has 0 radical (unpaired) electrons. The average molecular weight is 580 g/mol. The van der Waals surface area contributed by atoms with Gasteiger partial charge in [-0.05, 0) is 43.5 Å². The highest BCUT2D eigenvalue weighted by molar-refractivity contribution is 5.90. The van der Waals surface area contributed by atoms with Crippen molar-refractivity contribution < 1.29 is 41.0 Å². The number of methoxy groups -OCH3 is 1. The number of carbonyl (C=O) groups excluding carboxylic acids is 1.